The molecule has 6 nitrogen and oxygen atoms in total. The third-order valence-corrected chi connectivity index (χ3v) is 5.03. The summed E-state index contributed by atoms with van der Waals surface area (Å²) in [7, 11) is 1.81. The summed E-state index contributed by atoms with van der Waals surface area (Å²) in [6.07, 6.45) is 0.365. The molecule has 1 N–H and O–H groups in total. The van der Waals surface area contributed by atoms with Crippen molar-refractivity contribution in [1.29, 1.82) is 0 Å². The van der Waals surface area contributed by atoms with Gasteiger partial charge < -0.3 is 19.3 Å². The van der Waals surface area contributed by atoms with Gasteiger partial charge in [0.25, 0.3) is 0 Å². The first-order chi connectivity index (χ1) is 11.8. The maximum atomic E-state index is 10.6. The number of hydrogen-bond donors (Lipinski definition) is 1. The lowest BCUT2D eigenvalue weighted by atomic mass is 9.98. The Labute approximate surface area is 145 Å². The number of nitrogens with zero attached hydrogens (tertiary/aromatic N) is 1. The highest BCUT2D eigenvalue weighted by Gasteiger charge is 2.43. The van der Waals surface area contributed by atoms with Gasteiger partial charge in [-0.1, -0.05) is 0 Å². The van der Waals surface area contributed by atoms with Crippen LogP contribution >= 0.6 is 0 Å². The molecule has 0 aromatic carbocycles. The molecule has 9 heteroatoms. The molecule has 3 fully saturated rings. The highest BCUT2D eigenvalue weighted by molar-refractivity contribution is 5.73. The van der Waals surface area contributed by atoms with Crippen molar-refractivity contribution in [2.24, 2.45) is 5.92 Å². The summed E-state index contributed by atoms with van der Waals surface area (Å²) in [5, 5.41) is 7.12. The first-order valence-electron chi connectivity index (χ1n) is 8.59. The highest BCUT2D eigenvalue weighted by Crippen LogP contribution is 2.33. The lowest BCUT2D eigenvalue weighted by Crippen LogP contribution is -2.53. The van der Waals surface area contributed by atoms with Crippen molar-refractivity contribution in [2.45, 2.75) is 50.1 Å². The minimum absolute atomic E-state index is 0.309. The van der Waals surface area contributed by atoms with Crippen molar-refractivity contribution >= 4 is 5.97 Å². The maximum absolute atomic E-state index is 10.6. The molecule has 0 amide bonds. The van der Waals surface area contributed by atoms with Crippen LogP contribution < -0.4 is 0 Å². The van der Waals surface area contributed by atoms with E-state index in [9.17, 15) is 13.2 Å². The number of aliphatic carboxylic acids is 1. The molecule has 0 unspecified atom stereocenters. The van der Waals surface area contributed by atoms with E-state index in [1.807, 2.05) is 7.11 Å². The van der Waals surface area contributed by atoms with Gasteiger partial charge in [0, 0.05) is 39.5 Å². The summed E-state index contributed by atoms with van der Waals surface area (Å²) in [6.45, 7) is 5.08. The monoisotopic (exact) mass is 369 g/mol. The van der Waals surface area contributed by atoms with Gasteiger partial charge in [0.15, 0.2) is 0 Å². The normalized spacial score (nSPS) is 31.1. The highest BCUT2D eigenvalue weighted by atomic mass is 19.4. The van der Waals surface area contributed by atoms with Crippen LogP contribution in [0.25, 0.3) is 0 Å². The van der Waals surface area contributed by atoms with Crippen molar-refractivity contribution in [3.63, 3.8) is 0 Å². The van der Waals surface area contributed by atoms with Crippen molar-refractivity contribution in [1.82, 2.24) is 4.90 Å². The first-order valence-corrected chi connectivity index (χ1v) is 8.59. The average Bonchev–Trinajstić information content (AvgIpc) is 3.00. The molecule has 3 rings (SSSR count). The molecule has 0 aromatic rings. The number of morpholine rings is 1. The fourth-order valence-corrected chi connectivity index (χ4v) is 3.73. The number of carboxylic acids is 1. The van der Waals surface area contributed by atoms with Crippen LogP contribution in [0, 0.1) is 5.92 Å². The van der Waals surface area contributed by atoms with Crippen LogP contribution in [0.3, 0.4) is 0 Å². The Morgan fingerprint density at radius 2 is 1.84 bits per heavy atom. The Hall–Kier alpha value is -0.900. The number of fused-ring (bicyclic) bond motifs is 1. The number of rotatable bonds is 3. The third-order valence-electron chi connectivity index (χ3n) is 5.03. The molecule has 2 aliphatic heterocycles. The number of hydrogen-bond acceptors (Lipinski definition) is 5. The van der Waals surface area contributed by atoms with Gasteiger partial charge in [0.05, 0.1) is 18.8 Å². The molecule has 1 saturated carbocycles. The lowest BCUT2D eigenvalue weighted by molar-refractivity contribution is -0.192. The van der Waals surface area contributed by atoms with E-state index in [1.54, 1.807) is 0 Å². The summed E-state index contributed by atoms with van der Waals surface area (Å²) < 4.78 is 48.7. The Bertz CT molecular complexity index is 428. The molecule has 0 aromatic heterocycles. The summed E-state index contributed by atoms with van der Waals surface area (Å²) >= 11 is 0. The zero-order valence-corrected chi connectivity index (χ0v) is 14.3. The molecule has 1 aliphatic carbocycles. The minimum atomic E-state index is -5.08. The lowest BCUT2D eigenvalue weighted by Gasteiger charge is -2.41. The predicted octanol–water partition coefficient (Wildman–Crippen LogP) is 1.92. The van der Waals surface area contributed by atoms with Crippen LogP contribution in [0.5, 0.6) is 0 Å². The smallest absolute Gasteiger partial charge is 0.475 e. The molecule has 0 bridgehead atoms. The van der Waals surface area contributed by atoms with E-state index in [2.05, 4.69) is 4.90 Å². The van der Waals surface area contributed by atoms with Crippen LogP contribution in [0.1, 0.15) is 25.7 Å². The molecular formula is C16H26F3NO5. The third kappa shape index (κ3) is 5.80. The van der Waals surface area contributed by atoms with Crippen LogP contribution in [-0.4, -0.2) is 80.4 Å². The Kier molecular flexibility index (Phi) is 7.48. The van der Waals surface area contributed by atoms with Crippen molar-refractivity contribution in [3.05, 3.63) is 0 Å². The quantitative estimate of drug-likeness (QED) is 0.820. The average molecular weight is 369 g/mol. The van der Waals surface area contributed by atoms with Gasteiger partial charge in [-0.05, 0) is 31.6 Å². The summed E-state index contributed by atoms with van der Waals surface area (Å²) in [5.41, 5.74) is 0. The Balaban J connectivity index is 0.000000277. The summed E-state index contributed by atoms with van der Waals surface area (Å²) in [5.74, 6) is -1.94. The fraction of sp³-hybridized carbons (Fsp3) is 0.938. The van der Waals surface area contributed by atoms with Gasteiger partial charge in [0.2, 0.25) is 0 Å². The largest absolute Gasteiger partial charge is 0.490 e. The van der Waals surface area contributed by atoms with Crippen LogP contribution in [0.2, 0.25) is 0 Å². The van der Waals surface area contributed by atoms with E-state index in [4.69, 9.17) is 24.1 Å². The van der Waals surface area contributed by atoms with E-state index in [1.165, 1.54) is 25.8 Å². The van der Waals surface area contributed by atoms with Gasteiger partial charge in [-0.25, -0.2) is 4.79 Å². The molecule has 25 heavy (non-hydrogen) atoms. The van der Waals surface area contributed by atoms with E-state index >= 15 is 0 Å². The second-order valence-corrected chi connectivity index (χ2v) is 6.61. The first kappa shape index (κ1) is 20.4. The maximum Gasteiger partial charge on any atom is 0.490 e. The van der Waals surface area contributed by atoms with E-state index in [0.29, 0.717) is 18.2 Å². The van der Waals surface area contributed by atoms with Crippen molar-refractivity contribution < 1.29 is 37.3 Å². The molecule has 0 spiro atoms. The van der Waals surface area contributed by atoms with Crippen LogP contribution in [0.15, 0.2) is 0 Å². The van der Waals surface area contributed by atoms with Gasteiger partial charge >= 0.3 is 12.1 Å². The number of carboxylic acid groups (broad SMARTS) is 1. The molecule has 2 saturated heterocycles. The van der Waals surface area contributed by atoms with Crippen LogP contribution in [0.4, 0.5) is 13.2 Å². The number of alkyl halides is 3. The summed E-state index contributed by atoms with van der Waals surface area (Å²) in [6, 6.07) is 0.589. The molecular weight excluding hydrogens is 343 g/mol. The zero-order valence-electron chi connectivity index (χ0n) is 14.3. The molecule has 3 atom stereocenters. The Morgan fingerprint density at radius 1 is 1.20 bits per heavy atom. The topological polar surface area (TPSA) is 68.2 Å². The van der Waals surface area contributed by atoms with Gasteiger partial charge in [-0.15, -0.1) is 0 Å². The Morgan fingerprint density at radius 3 is 2.40 bits per heavy atom. The van der Waals surface area contributed by atoms with Gasteiger partial charge in [-0.2, -0.15) is 13.2 Å². The van der Waals surface area contributed by atoms with E-state index in [-0.39, 0.29) is 0 Å². The number of ether oxygens (including phenoxy) is 3. The van der Waals surface area contributed by atoms with E-state index in [0.717, 1.165) is 38.7 Å². The molecule has 146 valence electrons. The van der Waals surface area contributed by atoms with Crippen molar-refractivity contribution in [3.8, 4) is 0 Å². The van der Waals surface area contributed by atoms with E-state index < -0.39 is 12.1 Å². The molecule has 0 radical (unpaired) electrons. The number of methoxy groups -OCH3 is 1. The second-order valence-electron chi connectivity index (χ2n) is 6.61. The van der Waals surface area contributed by atoms with Crippen molar-refractivity contribution in [2.75, 3.05) is 40.0 Å². The SMILES string of the molecule is CO[C@@H]1CC[C@H]2[C@H]1OCCN2CC1CCOCC1.O=C(O)C(F)(F)F. The van der Waals surface area contributed by atoms with Gasteiger partial charge in [-0.3, -0.25) is 4.90 Å². The summed E-state index contributed by atoms with van der Waals surface area (Å²) in [4.78, 5) is 11.6. The van der Waals surface area contributed by atoms with Crippen LogP contribution in [-0.2, 0) is 19.0 Å². The minimum Gasteiger partial charge on any atom is -0.475 e. The fourth-order valence-electron chi connectivity index (χ4n) is 3.73. The molecule has 2 heterocycles. The predicted molar refractivity (Wildman–Crippen MR) is 82.4 cm³/mol. The number of carbonyl (C=O) groups is 1. The molecule has 3 aliphatic rings. The number of halogens is 3. The zero-order chi connectivity index (χ0) is 18.4. The second kappa shape index (κ2) is 9.16. The standard InChI is InChI=1S/C14H25NO3.C2HF3O2/c1-16-13-3-2-12-14(13)18-9-6-15(12)10-11-4-7-17-8-5-11;3-2(4,5)1(6)7/h11-14H,2-10H2,1H3;(H,6,7)/t12-,13+,14+;/m0./s1. The van der Waals surface area contributed by atoms with Gasteiger partial charge in [0.1, 0.15) is 0 Å².